The largest absolute Gasteiger partial charge is 0.481 e. The van der Waals surface area contributed by atoms with Crippen molar-refractivity contribution in [2.45, 2.75) is 52.7 Å². The molecule has 0 bridgehead atoms. The molecule has 2 rings (SSSR count). The van der Waals surface area contributed by atoms with Crippen LogP contribution in [0.15, 0.2) is 54.6 Å². The van der Waals surface area contributed by atoms with Crippen molar-refractivity contribution >= 4 is 5.91 Å². The normalized spacial score (nSPS) is 13.3. The van der Waals surface area contributed by atoms with Crippen LogP contribution < -0.4 is 10.1 Å². The van der Waals surface area contributed by atoms with E-state index in [1.165, 1.54) is 0 Å². The molecule has 0 spiro atoms. The van der Waals surface area contributed by atoms with Gasteiger partial charge in [-0.05, 0) is 42.9 Å². The molecular formula is C22H29NO2. The van der Waals surface area contributed by atoms with Crippen LogP contribution in [0.1, 0.15) is 51.3 Å². The number of aryl methyl sites for hydroxylation is 1. The Kier molecular flexibility index (Phi) is 7.05. The average Bonchev–Trinajstić information content (AvgIpc) is 2.62. The Morgan fingerprint density at radius 3 is 2.28 bits per heavy atom. The summed E-state index contributed by atoms with van der Waals surface area (Å²) in [4.78, 5) is 12.7. The molecule has 3 heteroatoms. The molecule has 1 N–H and O–H groups in total. The molecule has 0 aliphatic carbocycles. The number of benzene rings is 2. The third kappa shape index (κ3) is 5.63. The lowest BCUT2D eigenvalue weighted by molar-refractivity contribution is -0.128. The van der Waals surface area contributed by atoms with Crippen molar-refractivity contribution in [2.24, 2.45) is 5.92 Å². The predicted octanol–water partition coefficient (Wildman–Crippen LogP) is 4.92. The maximum Gasteiger partial charge on any atom is 0.261 e. The third-order valence-corrected chi connectivity index (χ3v) is 4.25. The van der Waals surface area contributed by atoms with Crippen molar-refractivity contribution in [1.82, 2.24) is 5.32 Å². The van der Waals surface area contributed by atoms with Gasteiger partial charge in [-0.25, -0.2) is 0 Å². The van der Waals surface area contributed by atoms with Gasteiger partial charge in [0.05, 0.1) is 6.04 Å². The molecule has 0 saturated heterocycles. The summed E-state index contributed by atoms with van der Waals surface area (Å²) < 4.78 is 5.93. The van der Waals surface area contributed by atoms with Crippen LogP contribution in [0.3, 0.4) is 0 Å². The highest BCUT2D eigenvalue weighted by Crippen LogP contribution is 2.23. The first kappa shape index (κ1) is 19.0. The van der Waals surface area contributed by atoms with Crippen LogP contribution in [-0.2, 0) is 11.2 Å². The second-order valence-corrected chi connectivity index (χ2v) is 6.82. The summed E-state index contributed by atoms with van der Waals surface area (Å²) >= 11 is 0. The van der Waals surface area contributed by atoms with E-state index in [0.717, 1.165) is 29.7 Å². The van der Waals surface area contributed by atoms with Crippen molar-refractivity contribution in [1.29, 1.82) is 0 Å². The Bertz CT molecular complexity index is 667. The Morgan fingerprint density at radius 2 is 1.64 bits per heavy atom. The summed E-state index contributed by atoms with van der Waals surface area (Å²) in [5, 5.41) is 3.16. The monoisotopic (exact) mass is 339 g/mol. The molecule has 0 heterocycles. The molecule has 0 aliphatic rings. The number of ether oxygens (including phenoxy) is 1. The zero-order valence-electron chi connectivity index (χ0n) is 15.7. The van der Waals surface area contributed by atoms with E-state index in [2.05, 4.69) is 38.2 Å². The van der Waals surface area contributed by atoms with Gasteiger partial charge < -0.3 is 10.1 Å². The van der Waals surface area contributed by atoms with Crippen LogP contribution in [0.2, 0.25) is 0 Å². The summed E-state index contributed by atoms with van der Waals surface area (Å²) in [5.74, 6) is 1.19. The standard InChI is InChI=1S/C22H29NO2/c1-5-18-11-9-10-14-21(18)25-17(4)22(24)23-20(15-16(2)3)19-12-7-6-8-13-19/h6-14,16-17,20H,5,15H2,1-4H3,(H,23,24)/t17-,20-/m0/s1. The minimum absolute atomic E-state index is 0.00108. The van der Waals surface area contributed by atoms with E-state index in [-0.39, 0.29) is 11.9 Å². The number of amides is 1. The van der Waals surface area contributed by atoms with Crippen molar-refractivity contribution in [3.63, 3.8) is 0 Å². The summed E-state index contributed by atoms with van der Waals surface area (Å²) in [5.41, 5.74) is 2.25. The lowest BCUT2D eigenvalue weighted by atomic mass is 9.97. The first-order valence-electron chi connectivity index (χ1n) is 9.11. The van der Waals surface area contributed by atoms with E-state index in [1.807, 2.05) is 42.5 Å². The molecule has 0 fully saturated rings. The molecule has 2 aromatic rings. The minimum Gasteiger partial charge on any atom is -0.481 e. The van der Waals surface area contributed by atoms with Gasteiger partial charge >= 0.3 is 0 Å². The summed E-state index contributed by atoms with van der Waals surface area (Å²) in [6.07, 6.45) is 1.24. The van der Waals surface area contributed by atoms with Crippen molar-refractivity contribution < 1.29 is 9.53 Å². The summed E-state index contributed by atoms with van der Waals surface area (Å²) in [7, 11) is 0. The average molecular weight is 339 g/mol. The van der Waals surface area contributed by atoms with Crippen LogP contribution in [-0.4, -0.2) is 12.0 Å². The van der Waals surface area contributed by atoms with Gasteiger partial charge in [0.2, 0.25) is 0 Å². The Balaban J connectivity index is 2.06. The van der Waals surface area contributed by atoms with Gasteiger partial charge in [-0.3, -0.25) is 4.79 Å². The summed E-state index contributed by atoms with van der Waals surface area (Å²) in [6.45, 7) is 8.22. The fourth-order valence-corrected chi connectivity index (χ4v) is 2.88. The Hall–Kier alpha value is -2.29. The molecule has 1 amide bonds. The molecule has 134 valence electrons. The second kappa shape index (κ2) is 9.26. The van der Waals surface area contributed by atoms with Crippen LogP contribution >= 0.6 is 0 Å². The van der Waals surface area contributed by atoms with Crippen LogP contribution in [0.5, 0.6) is 5.75 Å². The minimum atomic E-state index is -0.536. The van der Waals surface area contributed by atoms with Crippen molar-refractivity contribution in [3.8, 4) is 5.75 Å². The first-order valence-corrected chi connectivity index (χ1v) is 9.11. The highest BCUT2D eigenvalue weighted by Gasteiger charge is 2.21. The van der Waals surface area contributed by atoms with E-state index in [0.29, 0.717) is 5.92 Å². The molecule has 25 heavy (non-hydrogen) atoms. The van der Waals surface area contributed by atoms with Gasteiger partial charge in [-0.1, -0.05) is 69.3 Å². The highest BCUT2D eigenvalue weighted by atomic mass is 16.5. The van der Waals surface area contributed by atoms with Crippen molar-refractivity contribution in [2.75, 3.05) is 0 Å². The van der Waals surface area contributed by atoms with Gasteiger partial charge in [0, 0.05) is 0 Å². The van der Waals surface area contributed by atoms with Crippen molar-refractivity contribution in [3.05, 3.63) is 65.7 Å². The van der Waals surface area contributed by atoms with Crippen LogP contribution in [0, 0.1) is 5.92 Å². The smallest absolute Gasteiger partial charge is 0.261 e. The van der Waals surface area contributed by atoms with E-state index >= 15 is 0 Å². The molecule has 0 unspecified atom stereocenters. The first-order chi connectivity index (χ1) is 12.0. The van der Waals surface area contributed by atoms with E-state index in [4.69, 9.17) is 4.74 Å². The molecule has 2 aromatic carbocycles. The molecule has 0 aromatic heterocycles. The molecule has 0 aliphatic heterocycles. The lowest BCUT2D eigenvalue weighted by Gasteiger charge is -2.24. The van der Waals surface area contributed by atoms with Gasteiger partial charge in [0.15, 0.2) is 6.10 Å². The number of nitrogens with one attached hydrogen (secondary N) is 1. The number of hydrogen-bond donors (Lipinski definition) is 1. The zero-order chi connectivity index (χ0) is 18.2. The number of carbonyl (C=O) groups excluding carboxylic acids is 1. The molecule has 3 nitrogen and oxygen atoms in total. The molecule has 0 saturated carbocycles. The third-order valence-electron chi connectivity index (χ3n) is 4.25. The quantitative estimate of drug-likeness (QED) is 0.741. The zero-order valence-corrected chi connectivity index (χ0v) is 15.7. The predicted molar refractivity (Wildman–Crippen MR) is 103 cm³/mol. The maximum atomic E-state index is 12.7. The van der Waals surface area contributed by atoms with Gasteiger partial charge in [0.1, 0.15) is 5.75 Å². The van der Waals surface area contributed by atoms with E-state index in [9.17, 15) is 4.79 Å². The van der Waals surface area contributed by atoms with Gasteiger partial charge in [-0.2, -0.15) is 0 Å². The fourth-order valence-electron chi connectivity index (χ4n) is 2.88. The van der Waals surface area contributed by atoms with Crippen LogP contribution in [0.4, 0.5) is 0 Å². The Labute approximate surface area is 151 Å². The molecule has 0 radical (unpaired) electrons. The maximum absolute atomic E-state index is 12.7. The molecular weight excluding hydrogens is 310 g/mol. The van der Waals surface area contributed by atoms with Gasteiger partial charge in [0.25, 0.3) is 5.91 Å². The number of carbonyl (C=O) groups is 1. The highest BCUT2D eigenvalue weighted by molar-refractivity contribution is 5.81. The number of para-hydroxylation sites is 1. The summed E-state index contributed by atoms with van der Waals surface area (Å²) in [6, 6.07) is 18.0. The number of rotatable bonds is 8. The topological polar surface area (TPSA) is 38.3 Å². The molecule has 2 atom stereocenters. The second-order valence-electron chi connectivity index (χ2n) is 6.82. The van der Waals surface area contributed by atoms with Crippen LogP contribution in [0.25, 0.3) is 0 Å². The van der Waals surface area contributed by atoms with E-state index in [1.54, 1.807) is 6.92 Å². The van der Waals surface area contributed by atoms with Gasteiger partial charge in [-0.15, -0.1) is 0 Å². The number of hydrogen-bond acceptors (Lipinski definition) is 2. The fraction of sp³-hybridized carbons (Fsp3) is 0.409. The SMILES string of the molecule is CCc1ccccc1O[C@@H](C)C(=O)N[C@@H](CC(C)C)c1ccccc1. The Morgan fingerprint density at radius 1 is 1.00 bits per heavy atom. The van der Waals surface area contributed by atoms with E-state index < -0.39 is 6.10 Å². The lowest BCUT2D eigenvalue weighted by Crippen LogP contribution is -2.39.